The van der Waals surface area contributed by atoms with Gasteiger partial charge < -0.3 is 10.1 Å². The number of aromatic nitrogens is 2. The molecule has 3 rings (SSSR count). The SMILES string of the molecule is Cc1csc2ncnc(NCC3(CS(C)(=O)=O)CCOCC3)c12. The zero-order chi connectivity index (χ0) is 16.5. The molecule has 0 atom stereocenters. The van der Waals surface area contributed by atoms with Gasteiger partial charge in [-0.25, -0.2) is 18.4 Å². The fourth-order valence-corrected chi connectivity index (χ4v) is 5.55. The Morgan fingerprint density at radius 3 is 2.78 bits per heavy atom. The van der Waals surface area contributed by atoms with Gasteiger partial charge >= 0.3 is 0 Å². The molecule has 0 bridgehead atoms. The molecule has 1 aliphatic rings. The summed E-state index contributed by atoms with van der Waals surface area (Å²) in [5, 5.41) is 6.47. The maximum atomic E-state index is 11.8. The van der Waals surface area contributed by atoms with Crippen molar-refractivity contribution >= 4 is 37.2 Å². The number of fused-ring (bicyclic) bond motifs is 1. The topological polar surface area (TPSA) is 81.2 Å². The monoisotopic (exact) mass is 355 g/mol. The first-order valence-corrected chi connectivity index (χ1v) is 10.5. The molecule has 0 saturated carbocycles. The van der Waals surface area contributed by atoms with Crippen LogP contribution in [0.3, 0.4) is 0 Å². The van der Waals surface area contributed by atoms with E-state index in [1.165, 1.54) is 6.26 Å². The molecule has 1 N–H and O–H groups in total. The molecule has 0 amide bonds. The van der Waals surface area contributed by atoms with Crippen molar-refractivity contribution in [1.29, 1.82) is 0 Å². The minimum atomic E-state index is -3.05. The predicted molar refractivity (Wildman–Crippen MR) is 92.8 cm³/mol. The van der Waals surface area contributed by atoms with Crippen molar-refractivity contribution in [3.63, 3.8) is 0 Å². The third kappa shape index (κ3) is 3.81. The standard InChI is InChI=1S/C15H21N3O3S2/c1-11-7-22-14-12(11)13(17-10-18-14)16-8-15(9-23(2,19)20)3-5-21-6-4-15/h7,10H,3-6,8-9H2,1-2H3,(H,16,17,18). The summed E-state index contributed by atoms with van der Waals surface area (Å²) in [7, 11) is -3.05. The van der Waals surface area contributed by atoms with Crippen LogP contribution in [-0.4, -0.2) is 50.2 Å². The number of nitrogens with zero attached hydrogens (tertiary/aromatic N) is 2. The fourth-order valence-electron chi connectivity index (χ4n) is 3.16. The lowest BCUT2D eigenvalue weighted by atomic mass is 9.82. The number of nitrogens with one attached hydrogen (secondary N) is 1. The van der Waals surface area contributed by atoms with Crippen LogP contribution in [0.15, 0.2) is 11.7 Å². The van der Waals surface area contributed by atoms with Crippen molar-refractivity contribution in [1.82, 2.24) is 9.97 Å². The number of hydrogen-bond donors (Lipinski definition) is 1. The van der Waals surface area contributed by atoms with Crippen LogP contribution in [0.5, 0.6) is 0 Å². The highest BCUT2D eigenvalue weighted by atomic mass is 32.2. The molecule has 8 heteroatoms. The Bertz CT molecular complexity index is 795. The van der Waals surface area contributed by atoms with E-state index >= 15 is 0 Å². The van der Waals surface area contributed by atoms with Gasteiger partial charge in [0.05, 0.1) is 11.1 Å². The van der Waals surface area contributed by atoms with E-state index < -0.39 is 9.84 Å². The molecule has 23 heavy (non-hydrogen) atoms. The third-order valence-electron chi connectivity index (χ3n) is 4.31. The van der Waals surface area contributed by atoms with E-state index in [0.717, 1.165) is 34.4 Å². The lowest BCUT2D eigenvalue weighted by Gasteiger charge is -2.36. The second-order valence-electron chi connectivity index (χ2n) is 6.36. The first kappa shape index (κ1) is 16.6. The Hall–Kier alpha value is -1.25. The zero-order valence-corrected chi connectivity index (χ0v) is 15.0. The van der Waals surface area contributed by atoms with E-state index in [-0.39, 0.29) is 11.2 Å². The van der Waals surface area contributed by atoms with Crippen LogP contribution in [0.25, 0.3) is 10.2 Å². The van der Waals surface area contributed by atoms with Gasteiger partial charge in [0.2, 0.25) is 0 Å². The molecule has 1 fully saturated rings. The molecule has 0 spiro atoms. The van der Waals surface area contributed by atoms with Crippen molar-refractivity contribution in [3.05, 3.63) is 17.3 Å². The van der Waals surface area contributed by atoms with Gasteiger partial charge in [-0.1, -0.05) is 0 Å². The van der Waals surface area contributed by atoms with Crippen molar-refractivity contribution in [3.8, 4) is 0 Å². The second-order valence-corrected chi connectivity index (χ2v) is 9.36. The van der Waals surface area contributed by atoms with E-state index in [1.807, 2.05) is 6.92 Å². The predicted octanol–water partition coefficient (Wildman–Crippen LogP) is 2.25. The molecule has 0 unspecified atom stereocenters. The Labute approximate surface area is 140 Å². The highest BCUT2D eigenvalue weighted by Gasteiger charge is 2.36. The van der Waals surface area contributed by atoms with Crippen LogP contribution in [0.1, 0.15) is 18.4 Å². The number of sulfone groups is 1. The van der Waals surface area contributed by atoms with Gasteiger partial charge in [0.15, 0.2) is 0 Å². The van der Waals surface area contributed by atoms with Crippen LogP contribution >= 0.6 is 11.3 Å². The molecule has 126 valence electrons. The van der Waals surface area contributed by atoms with E-state index in [1.54, 1.807) is 17.7 Å². The highest BCUT2D eigenvalue weighted by molar-refractivity contribution is 7.90. The molecule has 0 aromatic carbocycles. The van der Waals surface area contributed by atoms with Crippen molar-refractivity contribution in [2.75, 3.05) is 37.1 Å². The third-order valence-corrected chi connectivity index (χ3v) is 6.45. The van der Waals surface area contributed by atoms with Crippen molar-refractivity contribution in [2.45, 2.75) is 19.8 Å². The normalized spacial score (nSPS) is 18.2. The maximum Gasteiger partial charge on any atom is 0.148 e. The summed E-state index contributed by atoms with van der Waals surface area (Å²) >= 11 is 1.59. The smallest absolute Gasteiger partial charge is 0.148 e. The Balaban J connectivity index is 1.84. The second kappa shape index (κ2) is 6.33. The average Bonchev–Trinajstić information content (AvgIpc) is 2.87. The summed E-state index contributed by atoms with van der Waals surface area (Å²) in [6, 6.07) is 0. The largest absolute Gasteiger partial charge is 0.381 e. The molecule has 0 radical (unpaired) electrons. The van der Waals surface area contributed by atoms with Crippen LogP contribution in [0.4, 0.5) is 5.82 Å². The van der Waals surface area contributed by atoms with Crippen LogP contribution in [-0.2, 0) is 14.6 Å². The average molecular weight is 355 g/mol. The number of ether oxygens (including phenoxy) is 1. The molecular weight excluding hydrogens is 334 g/mol. The van der Waals surface area contributed by atoms with Gasteiger partial charge in [0.25, 0.3) is 0 Å². The molecule has 2 aromatic heterocycles. The summed E-state index contributed by atoms with van der Waals surface area (Å²) in [6.07, 6.45) is 4.33. The lowest BCUT2D eigenvalue weighted by Crippen LogP contribution is -2.41. The first-order valence-electron chi connectivity index (χ1n) is 7.57. The quantitative estimate of drug-likeness (QED) is 0.886. The van der Waals surface area contributed by atoms with Gasteiger partial charge in [0.1, 0.15) is 26.8 Å². The number of anilines is 1. The van der Waals surface area contributed by atoms with Gasteiger partial charge in [-0.2, -0.15) is 0 Å². The minimum Gasteiger partial charge on any atom is -0.381 e. The number of rotatable bonds is 5. The van der Waals surface area contributed by atoms with Gasteiger partial charge in [-0.3, -0.25) is 0 Å². The number of thiophene rings is 1. The van der Waals surface area contributed by atoms with Gasteiger partial charge in [-0.15, -0.1) is 11.3 Å². The minimum absolute atomic E-state index is 0.174. The van der Waals surface area contributed by atoms with Crippen molar-refractivity contribution in [2.24, 2.45) is 5.41 Å². The molecule has 0 aliphatic carbocycles. The first-order chi connectivity index (χ1) is 10.9. The maximum absolute atomic E-state index is 11.8. The van der Waals surface area contributed by atoms with Crippen LogP contribution in [0.2, 0.25) is 0 Å². The molecule has 1 aliphatic heterocycles. The summed E-state index contributed by atoms with van der Waals surface area (Å²) in [5.74, 6) is 0.959. The van der Waals surface area contributed by atoms with Gasteiger partial charge in [0, 0.05) is 31.4 Å². The molecule has 3 heterocycles. The zero-order valence-electron chi connectivity index (χ0n) is 13.3. The number of aryl methyl sites for hydroxylation is 1. The lowest BCUT2D eigenvalue weighted by molar-refractivity contribution is 0.0315. The highest BCUT2D eigenvalue weighted by Crippen LogP contribution is 2.34. The van der Waals surface area contributed by atoms with Crippen LogP contribution in [0, 0.1) is 12.3 Å². The summed E-state index contributed by atoms with van der Waals surface area (Å²) in [5.41, 5.74) is 0.838. The number of hydrogen-bond acceptors (Lipinski definition) is 7. The Morgan fingerprint density at radius 2 is 2.09 bits per heavy atom. The molecule has 1 saturated heterocycles. The van der Waals surface area contributed by atoms with E-state index in [4.69, 9.17) is 4.74 Å². The Morgan fingerprint density at radius 1 is 1.35 bits per heavy atom. The molecular formula is C15H21N3O3S2. The van der Waals surface area contributed by atoms with E-state index in [9.17, 15) is 8.42 Å². The Kier molecular flexibility index (Phi) is 4.57. The summed E-state index contributed by atoms with van der Waals surface area (Å²) in [4.78, 5) is 9.59. The fraction of sp³-hybridized carbons (Fsp3) is 0.600. The van der Waals surface area contributed by atoms with E-state index in [2.05, 4.69) is 20.7 Å². The summed E-state index contributed by atoms with van der Waals surface area (Å²) < 4.78 is 29.1. The molecule has 2 aromatic rings. The molecule has 6 nitrogen and oxygen atoms in total. The van der Waals surface area contributed by atoms with Crippen molar-refractivity contribution < 1.29 is 13.2 Å². The summed E-state index contributed by atoms with van der Waals surface area (Å²) in [6.45, 7) is 3.82. The van der Waals surface area contributed by atoms with Crippen LogP contribution < -0.4 is 5.32 Å². The van der Waals surface area contributed by atoms with E-state index in [0.29, 0.717) is 19.8 Å². The van der Waals surface area contributed by atoms with Gasteiger partial charge in [-0.05, 0) is 30.7 Å².